The van der Waals surface area contributed by atoms with Crippen LogP contribution in [0, 0.1) is 6.92 Å². The number of carbonyl (C=O) groups is 1. The standard InChI is InChI=1S/C9H12N2O3/c1-5-6(8(12)9(13)14)3-2-4-7(5)11-10/h2-4,8,11-12H,10H2,1H3,(H,13,14). The van der Waals surface area contributed by atoms with Crippen molar-refractivity contribution in [3.63, 3.8) is 0 Å². The SMILES string of the molecule is Cc1c(NN)cccc1C(O)C(=O)O. The van der Waals surface area contributed by atoms with Crippen molar-refractivity contribution in [1.29, 1.82) is 0 Å². The third kappa shape index (κ3) is 1.84. The number of carboxylic acids is 1. The molecule has 0 aliphatic heterocycles. The van der Waals surface area contributed by atoms with Gasteiger partial charge in [-0.2, -0.15) is 0 Å². The number of nitrogens with one attached hydrogen (secondary N) is 1. The average molecular weight is 196 g/mol. The summed E-state index contributed by atoms with van der Waals surface area (Å²) >= 11 is 0. The summed E-state index contributed by atoms with van der Waals surface area (Å²) in [5.74, 6) is 3.94. The van der Waals surface area contributed by atoms with E-state index in [9.17, 15) is 9.90 Å². The Morgan fingerprint density at radius 1 is 1.57 bits per heavy atom. The van der Waals surface area contributed by atoms with Gasteiger partial charge in [-0.15, -0.1) is 0 Å². The Bertz CT molecular complexity index is 352. The Morgan fingerprint density at radius 2 is 2.21 bits per heavy atom. The van der Waals surface area contributed by atoms with Gasteiger partial charge in [-0.3, -0.25) is 5.84 Å². The zero-order valence-corrected chi connectivity index (χ0v) is 7.69. The number of aliphatic hydroxyl groups is 1. The van der Waals surface area contributed by atoms with E-state index in [4.69, 9.17) is 10.9 Å². The highest BCUT2D eigenvalue weighted by molar-refractivity contribution is 5.75. The van der Waals surface area contributed by atoms with Crippen molar-refractivity contribution >= 4 is 11.7 Å². The summed E-state index contributed by atoms with van der Waals surface area (Å²) in [6.45, 7) is 1.69. The fourth-order valence-corrected chi connectivity index (χ4v) is 1.24. The van der Waals surface area contributed by atoms with Gasteiger partial charge in [0.25, 0.3) is 0 Å². The molecule has 0 aliphatic carbocycles. The molecule has 5 heteroatoms. The molecule has 0 bridgehead atoms. The number of hydrogen-bond acceptors (Lipinski definition) is 4. The predicted octanol–water partition coefficient (Wildman–Crippen LogP) is 0.399. The molecule has 0 fully saturated rings. The van der Waals surface area contributed by atoms with Crippen molar-refractivity contribution in [3.8, 4) is 0 Å². The topological polar surface area (TPSA) is 95.6 Å². The van der Waals surface area contributed by atoms with Crippen LogP contribution in [0.4, 0.5) is 5.69 Å². The first kappa shape index (κ1) is 10.5. The molecule has 76 valence electrons. The number of aliphatic hydroxyl groups excluding tert-OH is 1. The number of benzene rings is 1. The van der Waals surface area contributed by atoms with E-state index in [1.54, 1.807) is 25.1 Å². The molecule has 1 unspecified atom stereocenters. The number of hydrazine groups is 1. The zero-order valence-electron chi connectivity index (χ0n) is 7.69. The van der Waals surface area contributed by atoms with Gasteiger partial charge >= 0.3 is 5.97 Å². The number of carboxylic acid groups (broad SMARTS) is 1. The smallest absolute Gasteiger partial charge is 0.337 e. The van der Waals surface area contributed by atoms with Crippen LogP contribution < -0.4 is 11.3 Å². The first-order valence-electron chi connectivity index (χ1n) is 4.05. The lowest BCUT2D eigenvalue weighted by Gasteiger charge is -2.12. The Balaban J connectivity index is 3.15. The van der Waals surface area contributed by atoms with Gasteiger partial charge in [-0.05, 0) is 24.1 Å². The number of rotatable bonds is 3. The van der Waals surface area contributed by atoms with Crippen molar-refractivity contribution in [2.45, 2.75) is 13.0 Å². The molecule has 1 aromatic rings. The molecule has 0 radical (unpaired) electrons. The Morgan fingerprint density at radius 3 is 2.71 bits per heavy atom. The van der Waals surface area contributed by atoms with Gasteiger partial charge in [0.05, 0.1) is 5.69 Å². The van der Waals surface area contributed by atoms with E-state index in [1.807, 2.05) is 0 Å². The van der Waals surface area contributed by atoms with E-state index in [1.165, 1.54) is 0 Å². The second-order valence-electron chi connectivity index (χ2n) is 2.90. The van der Waals surface area contributed by atoms with Gasteiger partial charge in [-0.25, -0.2) is 4.79 Å². The minimum atomic E-state index is -1.51. The Labute approximate surface area is 81.1 Å². The third-order valence-electron chi connectivity index (χ3n) is 2.06. The maximum Gasteiger partial charge on any atom is 0.337 e. The summed E-state index contributed by atoms with van der Waals surface area (Å²) in [4.78, 5) is 10.5. The first-order chi connectivity index (χ1) is 6.57. The lowest BCUT2D eigenvalue weighted by molar-refractivity contribution is -0.147. The van der Waals surface area contributed by atoms with Gasteiger partial charge < -0.3 is 15.6 Å². The zero-order chi connectivity index (χ0) is 10.7. The quantitative estimate of drug-likeness (QED) is 0.414. The monoisotopic (exact) mass is 196 g/mol. The predicted molar refractivity (Wildman–Crippen MR) is 51.6 cm³/mol. The maximum absolute atomic E-state index is 10.5. The van der Waals surface area contributed by atoms with Crippen LogP contribution in [0.15, 0.2) is 18.2 Å². The van der Waals surface area contributed by atoms with Gasteiger partial charge in [0.15, 0.2) is 6.10 Å². The highest BCUT2D eigenvalue weighted by Crippen LogP contribution is 2.23. The van der Waals surface area contributed by atoms with Crippen LogP contribution >= 0.6 is 0 Å². The number of nitrogen functional groups attached to an aromatic ring is 1. The average Bonchev–Trinajstić information content (AvgIpc) is 2.17. The van der Waals surface area contributed by atoms with Crippen LogP contribution in [0.1, 0.15) is 17.2 Å². The lowest BCUT2D eigenvalue weighted by Crippen LogP contribution is -2.14. The molecule has 1 rings (SSSR count). The van der Waals surface area contributed by atoms with E-state index >= 15 is 0 Å². The van der Waals surface area contributed by atoms with Crippen LogP contribution in [0.5, 0.6) is 0 Å². The number of nitrogens with two attached hydrogens (primary N) is 1. The fourth-order valence-electron chi connectivity index (χ4n) is 1.24. The normalized spacial score (nSPS) is 12.2. The molecular weight excluding hydrogens is 184 g/mol. The molecule has 14 heavy (non-hydrogen) atoms. The van der Waals surface area contributed by atoms with E-state index < -0.39 is 12.1 Å². The molecule has 0 saturated heterocycles. The molecule has 0 amide bonds. The highest BCUT2D eigenvalue weighted by Gasteiger charge is 2.18. The summed E-state index contributed by atoms with van der Waals surface area (Å²) in [5.41, 5.74) is 4.00. The summed E-state index contributed by atoms with van der Waals surface area (Å²) in [7, 11) is 0. The molecule has 0 aromatic heterocycles. The summed E-state index contributed by atoms with van der Waals surface area (Å²) in [5, 5.41) is 18.0. The lowest BCUT2D eigenvalue weighted by atomic mass is 10.0. The van der Waals surface area contributed by atoms with Crippen molar-refractivity contribution in [2.24, 2.45) is 5.84 Å². The first-order valence-corrected chi connectivity index (χ1v) is 4.05. The van der Waals surface area contributed by atoms with Crippen LogP contribution in [0.25, 0.3) is 0 Å². The highest BCUT2D eigenvalue weighted by atomic mass is 16.4. The van der Waals surface area contributed by atoms with Crippen molar-refractivity contribution in [1.82, 2.24) is 0 Å². The van der Waals surface area contributed by atoms with Crippen molar-refractivity contribution < 1.29 is 15.0 Å². The van der Waals surface area contributed by atoms with E-state index in [2.05, 4.69) is 5.43 Å². The molecule has 0 aliphatic rings. The Hall–Kier alpha value is -1.59. The minimum Gasteiger partial charge on any atom is -0.479 e. The third-order valence-corrected chi connectivity index (χ3v) is 2.06. The Kier molecular flexibility index (Phi) is 3.06. The minimum absolute atomic E-state index is 0.341. The molecule has 5 N–H and O–H groups in total. The summed E-state index contributed by atoms with van der Waals surface area (Å²) in [6.07, 6.45) is -1.51. The number of anilines is 1. The second kappa shape index (κ2) is 4.08. The van der Waals surface area contributed by atoms with Gasteiger partial charge in [0.2, 0.25) is 0 Å². The van der Waals surface area contributed by atoms with Crippen LogP contribution in [0.3, 0.4) is 0 Å². The molecule has 1 atom stereocenters. The number of hydrogen-bond donors (Lipinski definition) is 4. The fraction of sp³-hybridized carbons (Fsp3) is 0.222. The van der Waals surface area contributed by atoms with Crippen molar-refractivity contribution in [2.75, 3.05) is 5.43 Å². The summed E-state index contributed by atoms with van der Waals surface area (Å²) < 4.78 is 0. The molecule has 0 spiro atoms. The van der Waals surface area contributed by atoms with Crippen LogP contribution in [0.2, 0.25) is 0 Å². The van der Waals surface area contributed by atoms with Gasteiger partial charge in [0.1, 0.15) is 0 Å². The van der Waals surface area contributed by atoms with Crippen molar-refractivity contribution in [3.05, 3.63) is 29.3 Å². The molecule has 5 nitrogen and oxygen atoms in total. The van der Waals surface area contributed by atoms with E-state index in [-0.39, 0.29) is 0 Å². The maximum atomic E-state index is 10.5. The van der Waals surface area contributed by atoms with Crippen LogP contribution in [-0.2, 0) is 4.79 Å². The van der Waals surface area contributed by atoms with E-state index in [0.717, 1.165) is 0 Å². The molecule has 0 heterocycles. The van der Waals surface area contributed by atoms with E-state index in [0.29, 0.717) is 16.8 Å². The largest absolute Gasteiger partial charge is 0.479 e. The summed E-state index contributed by atoms with van der Waals surface area (Å²) in [6, 6.07) is 4.88. The molecule has 0 saturated carbocycles. The van der Waals surface area contributed by atoms with Gasteiger partial charge in [0, 0.05) is 0 Å². The molecular formula is C9H12N2O3. The molecule has 1 aromatic carbocycles. The second-order valence-corrected chi connectivity index (χ2v) is 2.90. The number of aliphatic carboxylic acids is 1. The van der Waals surface area contributed by atoms with Gasteiger partial charge in [-0.1, -0.05) is 12.1 Å². The van der Waals surface area contributed by atoms with Crippen LogP contribution in [-0.4, -0.2) is 16.2 Å².